The van der Waals surface area contributed by atoms with Gasteiger partial charge in [-0.2, -0.15) is 0 Å². The number of carbonyl (C=O) groups excluding carboxylic acids is 3. The normalized spacial score (nSPS) is 18.4. The minimum atomic E-state index is -0.696. The number of piperazine rings is 1. The molecule has 0 aromatic heterocycles. The molecular weight excluding hydrogens is 434 g/mol. The van der Waals surface area contributed by atoms with E-state index in [1.54, 1.807) is 15.9 Å². The Morgan fingerprint density at radius 1 is 0.912 bits per heavy atom. The van der Waals surface area contributed by atoms with Gasteiger partial charge in [0.15, 0.2) is 11.5 Å². The first-order chi connectivity index (χ1) is 16.4. The van der Waals surface area contributed by atoms with Gasteiger partial charge < -0.3 is 24.6 Å². The average molecular weight is 466 g/mol. The molecule has 0 aliphatic carbocycles. The number of fused-ring (bicyclic) bond motifs is 1. The highest BCUT2D eigenvalue weighted by Gasteiger charge is 2.35. The summed E-state index contributed by atoms with van der Waals surface area (Å²) in [5.41, 5.74) is 0.901. The van der Waals surface area contributed by atoms with Gasteiger partial charge in [-0.25, -0.2) is 0 Å². The van der Waals surface area contributed by atoms with Crippen LogP contribution in [0.2, 0.25) is 0 Å². The Bertz CT molecular complexity index is 1020. The summed E-state index contributed by atoms with van der Waals surface area (Å²) in [6.07, 6.45) is -0.468. The molecule has 1 saturated heterocycles. The summed E-state index contributed by atoms with van der Waals surface area (Å²) in [5.74, 6) is 0.706. The van der Waals surface area contributed by atoms with E-state index in [4.69, 9.17) is 9.47 Å². The van der Waals surface area contributed by atoms with Crippen LogP contribution in [0.15, 0.2) is 54.6 Å². The van der Waals surface area contributed by atoms with Crippen molar-refractivity contribution in [1.82, 2.24) is 15.1 Å². The van der Waals surface area contributed by atoms with Gasteiger partial charge in [0.05, 0.1) is 6.42 Å². The van der Waals surface area contributed by atoms with E-state index in [-0.39, 0.29) is 36.7 Å². The van der Waals surface area contributed by atoms with Gasteiger partial charge in [0, 0.05) is 26.2 Å². The SMILES string of the molecule is CC(C)C(NC(=O)Cc1ccccc1)C(=O)N1CCN(C(=O)C2COc3ccccc3O2)CC1. The predicted octanol–water partition coefficient (Wildman–Crippen LogP) is 1.88. The van der Waals surface area contributed by atoms with E-state index in [1.807, 2.05) is 62.4 Å². The number of hydrogen-bond acceptors (Lipinski definition) is 5. The molecule has 2 aromatic rings. The van der Waals surface area contributed by atoms with Crippen LogP contribution in [0.25, 0.3) is 0 Å². The molecule has 0 saturated carbocycles. The smallest absolute Gasteiger partial charge is 0.267 e. The van der Waals surface area contributed by atoms with Gasteiger partial charge in [-0.3, -0.25) is 14.4 Å². The number of benzene rings is 2. The molecule has 4 rings (SSSR count). The predicted molar refractivity (Wildman–Crippen MR) is 126 cm³/mol. The van der Waals surface area contributed by atoms with Gasteiger partial charge in [-0.1, -0.05) is 56.3 Å². The first-order valence-corrected chi connectivity index (χ1v) is 11.7. The van der Waals surface area contributed by atoms with Crippen LogP contribution in [0.5, 0.6) is 11.5 Å². The summed E-state index contributed by atoms with van der Waals surface area (Å²) >= 11 is 0. The average Bonchev–Trinajstić information content (AvgIpc) is 2.86. The van der Waals surface area contributed by atoms with Crippen molar-refractivity contribution in [3.05, 3.63) is 60.2 Å². The number of ether oxygens (including phenoxy) is 2. The molecule has 0 radical (unpaired) electrons. The molecule has 34 heavy (non-hydrogen) atoms. The largest absolute Gasteiger partial charge is 0.485 e. The highest BCUT2D eigenvalue weighted by Crippen LogP contribution is 2.31. The van der Waals surface area contributed by atoms with Crippen molar-refractivity contribution in [3.63, 3.8) is 0 Å². The minimum Gasteiger partial charge on any atom is -0.485 e. The van der Waals surface area contributed by atoms with Crippen molar-refractivity contribution in [2.75, 3.05) is 32.8 Å². The molecule has 3 amide bonds. The quantitative estimate of drug-likeness (QED) is 0.704. The maximum Gasteiger partial charge on any atom is 0.267 e. The number of hydrogen-bond donors (Lipinski definition) is 1. The topological polar surface area (TPSA) is 88.2 Å². The standard InChI is InChI=1S/C26H31N3O5/c1-18(2)24(27-23(30)16-19-8-4-3-5-9-19)26(32)29-14-12-28(13-15-29)25(31)22-17-33-20-10-6-7-11-21(20)34-22/h3-11,18,22,24H,12-17H2,1-2H3,(H,27,30). The van der Waals surface area contributed by atoms with Gasteiger partial charge in [-0.05, 0) is 23.6 Å². The third-order valence-electron chi connectivity index (χ3n) is 6.14. The second-order valence-electron chi connectivity index (χ2n) is 8.97. The molecule has 8 nitrogen and oxygen atoms in total. The summed E-state index contributed by atoms with van der Waals surface area (Å²) in [5, 5.41) is 2.91. The van der Waals surface area contributed by atoms with Crippen LogP contribution in [0.4, 0.5) is 0 Å². The van der Waals surface area contributed by atoms with E-state index in [0.717, 1.165) is 5.56 Å². The monoisotopic (exact) mass is 465 g/mol. The zero-order valence-electron chi connectivity index (χ0n) is 19.6. The van der Waals surface area contributed by atoms with Crippen LogP contribution in [-0.2, 0) is 20.8 Å². The first-order valence-electron chi connectivity index (χ1n) is 11.7. The molecule has 2 atom stereocenters. The van der Waals surface area contributed by atoms with Crippen LogP contribution >= 0.6 is 0 Å². The van der Waals surface area contributed by atoms with Crippen molar-refractivity contribution in [2.45, 2.75) is 32.4 Å². The van der Waals surface area contributed by atoms with E-state index < -0.39 is 12.1 Å². The molecule has 0 bridgehead atoms. The van der Waals surface area contributed by atoms with E-state index >= 15 is 0 Å². The lowest BCUT2D eigenvalue weighted by molar-refractivity contribution is -0.147. The van der Waals surface area contributed by atoms with Gasteiger partial charge in [0.2, 0.25) is 17.9 Å². The maximum absolute atomic E-state index is 13.2. The summed E-state index contributed by atoms with van der Waals surface area (Å²) in [6, 6.07) is 16.1. The fourth-order valence-electron chi connectivity index (χ4n) is 4.21. The maximum atomic E-state index is 13.2. The number of amides is 3. The van der Waals surface area contributed by atoms with Crippen LogP contribution in [-0.4, -0.2) is 72.5 Å². The Kier molecular flexibility index (Phi) is 7.35. The molecule has 2 heterocycles. The lowest BCUT2D eigenvalue weighted by atomic mass is 10.0. The van der Waals surface area contributed by atoms with Crippen molar-refractivity contribution >= 4 is 17.7 Å². The first kappa shape index (κ1) is 23.6. The third kappa shape index (κ3) is 5.50. The number of para-hydroxylation sites is 2. The molecule has 1 fully saturated rings. The highest BCUT2D eigenvalue weighted by atomic mass is 16.6. The van der Waals surface area contributed by atoms with Gasteiger partial charge in [-0.15, -0.1) is 0 Å². The lowest BCUT2D eigenvalue weighted by Gasteiger charge is -2.38. The summed E-state index contributed by atoms with van der Waals surface area (Å²) in [7, 11) is 0. The van der Waals surface area contributed by atoms with Crippen molar-refractivity contribution in [1.29, 1.82) is 0 Å². The van der Waals surface area contributed by atoms with E-state index in [1.165, 1.54) is 0 Å². The summed E-state index contributed by atoms with van der Waals surface area (Å²) in [4.78, 5) is 42.2. The molecule has 1 N–H and O–H groups in total. The fourth-order valence-corrected chi connectivity index (χ4v) is 4.21. The van der Waals surface area contributed by atoms with E-state index in [2.05, 4.69) is 5.32 Å². The second-order valence-corrected chi connectivity index (χ2v) is 8.97. The summed E-state index contributed by atoms with van der Waals surface area (Å²) in [6.45, 7) is 5.65. The third-order valence-corrected chi connectivity index (χ3v) is 6.14. The lowest BCUT2D eigenvalue weighted by Crippen LogP contribution is -2.59. The van der Waals surface area contributed by atoms with Crippen molar-refractivity contribution in [2.24, 2.45) is 5.92 Å². The Morgan fingerprint density at radius 2 is 1.53 bits per heavy atom. The Labute approximate surface area is 199 Å². The Balaban J connectivity index is 1.30. The Morgan fingerprint density at radius 3 is 2.21 bits per heavy atom. The van der Waals surface area contributed by atoms with Crippen LogP contribution in [0.1, 0.15) is 19.4 Å². The molecule has 180 valence electrons. The molecule has 2 aliphatic heterocycles. The number of rotatable bonds is 6. The number of nitrogens with zero attached hydrogens (tertiary/aromatic N) is 2. The van der Waals surface area contributed by atoms with E-state index in [0.29, 0.717) is 37.7 Å². The van der Waals surface area contributed by atoms with E-state index in [9.17, 15) is 14.4 Å². The molecule has 8 heteroatoms. The minimum absolute atomic E-state index is 0.0558. The zero-order valence-corrected chi connectivity index (χ0v) is 19.6. The summed E-state index contributed by atoms with van der Waals surface area (Å²) < 4.78 is 11.5. The number of nitrogens with one attached hydrogen (secondary N) is 1. The van der Waals surface area contributed by atoms with Crippen molar-refractivity contribution in [3.8, 4) is 11.5 Å². The van der Waals surface area contributed by atoms with Crippen LogP contribution in [0, 0.1) is 5.92 Å². The second kappa shape index (κ2) is 10.6. The van der Waals surface area contributed by atoms with Crippen molar-refractivity contribution < 1.29 is 23.9 Å². The molecule has 2 aliphatic rings. The van der Waals surface area contributed by atoms with Gasteiger partial charge in [0.25, 0.3) is 5.91 Å². The fraction of sp³-hybridized carbons (Fsp3) is 0.423. The number of carbonyl (C=O) groups is 3. The van der Waals surface area contributed by atoms with Crippen LogP contribution in [0.3, 0.4) is 0 Å². The van der Waals surface area contributed by atoms with Gasteiger partial charge in [0.1, 0.15) is 12.6 Å². The molecule has 2 aromatic carbocycles. The molecule has 2 unspecified atom stereocenters. The van der Waals surface area contributed by atoms with Gasteiger partial charge >= 0.3 is 0 Å². The molecular formula is C26H31N3O5. The Hall–Kier alpha value is -3.55. The highest BCUT2D eigenvalue weighted by molar-refractivity contribution is 5.89. The zero-order chi connectivity index (χ0) is 24.1. The molecule has 0 spiro atoms. The van der Waals surface area contributed by atoms with Crippen LogP contribution < -0.4 is 14.8 Å².